The Kier molecular flexibility index (Phi) is 20.5. The van der Waals surface area contributed by atoms with E-state index in [0.717, 1.165) is 23.7 Å². The zero-order valence-corrected chi connectivity index (χ0v) is 25.4. The van der Waals surface area contributed by atoms with Crippen molar-refractivity contribution in [3.63, 3.8) is 0 Å². The van der Waals surface area contributed by atoms with E-state index < -0.39 is 14.8 Å². The first-order valence-electron chi connectivity index (χ1n) is 14.6. The van der Waals surface area contributed by atoms with E-state index in [0.29, 0.717) is 29.8 Å². The number of hydrogen-bond acceptors (Lipinski definition) is 2. The number of unbranched alkanes of at least 4 members (excludes halogenated alkanes) is 7. The van der Waals surface area contributed by atoms with Crippen molar-refractivity contribution in [2.75, 3.05) is 6.61 Å². The van der Waals surface area contributed by atoms with Crippen LogP contribution in [0.15, 0.2) is 12.7 Å². The average molecular weight is 481 g/mol. The molecule has 7 atom stereocenters. The molecule has 0 bridgehead atoms. The van der Waals surface area contributed by atoms with Crippen LogP contribution in [0.4, 0.5) is 0 Å². The lowest BCUT2D eigenvalue weighted by Crippen LogP contribution is -2.41. The summed E-state index contributed by atoms with van der Waals surface area (Å²) >= 11 is -1.61. The van der Waals surface area contributed by atoms with Crippen LogP contribution in [-0.4, -0.2) is 27.5 Å². The number of allylic oxidation sites excluding steroid dienone is 1. The lowest BCUT2D eigenvalue weighted by Gasteiger charge is -2.40. The second-order valence-electron chi connectivity index (χ2n) is 11.1. The quantitative estimate of drug-likeness (QED) is 0.0871. The Labute approximate surface area is 214 Å². The molecule has 0 heterocycles. The van der Waals surface area contributed by atoms with E-state index in [1.807, 2.05) is 6.08 Å². The van der Waals surface area contributed by atoms with Crippen molar-refractivity contribution in [2.24, 2.45) is 35.5 Å². The van der Waals surface area contributed by atoms with Crippen molar-refractivity contribution in [2.45, 2.75) is 138 Å². The highest BCUT2D eigenvalue weighted by Crippen LogP contribution is 2.36. The van der Waals surface area contributed by atoms with Crippen LogP contribution in [0.3, 0.4) is 0 Å². The van der Waals surface area contributed by atoms with Gasteiger partial charge in [0.05, 0.1) is 0 Å². The van der Waals surface area contributed by atoms with Gasteiger partial charge in [-0.1, -0.05) is 113 Å². The Hall–Kier alpha value is 0.192. The third kappa shape index (κ3) is 13.8. The molecule has 0 aliphatic rings. The van der Waals surface area contributed by atoms with Crippen LogP contribution in [0.5, 0.6) is 0 Å². The predicted octanol–water partition coefficient (Wildman–Crippen LogP) is 9.84. The summed E-state index contributed by atoms with van der Waals surface area (Å²) in [6.07, 6.45) is 15.2. The molecule has 0 radical (unpaired) electrons. The molecule has 0 aromatic carbocycles. The lowest BCUT2D eigenvalue weighted by atomic mass is 9.70. The van der Waals surface area contributed by atoms with Gasteiger partial charge in [0, 0.05) is 12.7 Å². The summed E-state index contributed by atoms with van der Waals surface area (Å²) in [4.78, 5) is 0. The normalized spacial score (nSPS) is 18.2. The summed E-state index contributed by atoms with van der Waals surface area (Å²) < 4.78 is 13.2. The van der Waals surface area contributed by atoms with Crippen LogP contribution in [0.1, 0.15) is 127 Å². The molecular formula is C30H61AlO2. The molecule has 0 saturated carbocycles. The molecule has 0 aromatic heterocycles. The third-order valence-corrected chi connectivity index (χ3v) is 10.6. The molecular weight excluding hydrogens is 419 g/mol. The zero-order chi connectivity index (χ0) is 25.2. The van der Waals surface area contributed by atoms with Gasteiger partial charge in [0.2, 0.25) is 0 Å². The molecule has 0 rings (SSSR count). The summed E-state index contributed by atoms with van der Waals surface area (Å²) in [5, 5.41) is 1.07. The Morgan fingerprint density at radius 3 is 1.70 bits per heavy atom. The molecule has 0 aliphatic heterocycles. The minimum atomic E-state index is -1.61. The molecule has 0 aromatic rings. The number of rotatable bonds is 22. The lowest BCUT2D eigenvalue weighted by molar-refractivity contribution is 0.0137. The van der Waals surface area contributed by atoms with E-state index in [4.69, 9.17) is 7.58 Å². The molecule has 0 spiro atoms. The van der Waals surface area contributed by atoms with Gasteiger partial charge in [0.15, 0.2) is 0 Å². The fourth-order valence-corrected chi connectivity index (χ4v) is 6.88. The molecule has 0 amide bonds. The second-order valence-corrected chi connectivity index (χ2v) is 13.4. The standard InChI is InChI=1S/C17H35O.C11H21O.C2H5.Al/c1-9-11(3)13(5)14(6)15(7)16(8)17(18)12(4)10-2;1-2-3-4-5-6-7-8-9-10-11-12;1-2;/h11-17H,9-10H2,1-8H3;2H,1,3-11H2;1H2,2H3;/q2*-1;;+2. The third-order valence-electron chi connectivity index (χ3n) is 8.75. The maximum Gasteiger partial charge on any atom is 0.674 e. The summed E-state index contributed by atoms with van der Waals surface area (Å²) in [5.41, 5.74) is 0. The van der Waals surface area contributed by atoms with Gasteiger partial charge in [-0.3, -0.25) is 0 Å². The molecule has 0 N–H and O–H groups in total. The van der Waals surface area contributed by atoms with E-state index in [1.54, 1.807) is 0 Å². The maximum absolute atomic E-state index is 6.84. The van der Waals surface area contributed by atoms with Crippen LogP contribution in [-0.2, 0) is 7.58 Å². The van der Waals surface area contributed by atoms with Gasteiger partial charge < -0.3 is 7.58 Å². The summed E-state index contributed by atoms with van der Waals surface area (Å²) in [5.74, 6) is 4.05. The van der Waals surface area contributed by atoms with Crippen LogP contribution in [0.2, 0.25) is 5.28 Å². The molecule has 33 heavy (non-hydrogen) atoms. The van der Waals surface area contributed by atoms with Crippen molar-refractivity contribution in [3.8, 4) is 0 Å². The highest BCUT2D eigenvalue weighted by atomic mass is 27.2. The topological polar surface area (TPSA) is 18.5 Å². The molecule has 196 valence electrons. The van der Waals surface area contributed by atoms with Crippen molar-refractivity contribution in [1.29, 1.82) is 0 Å². The van der Waals surface area contributed by atoms with E-state index in [1.165, 1.54) is 64.2 Å². The summed E-state index contributed by atoms with van der Waals surface area (Å²) in [7, 11) is 0. The first-order chi connectivity index (χ1) is 15.7. The van der Waals surface area contributed by atoms with Gasteiger partial charge >= 0.3 is 14.8 Å². The van der Waals surface area contributed by atoms with Crippen molar-refractivity contribution in [3.05, 3.63) is 12.7 Å². The van der Waals surface area contributed by atoms with Gasteiger partial charge in [-0.25, -0.2) is 0 Å². The van der Waals surface area contributed by atoms with Crippen LogP contribution in [0, 0.1) is 35.5 Å². The first kappa shape index (κ1) is 33.2. The van der Waals surface area contributed by atoms with E-state index in [9.17, 15) is 0 Å². The highest BCUT2D eigenvalue weighted by Gasteiger charge is 2.36. The second kappa shape index (κ2) is 20.4. The minimum absolute atomic E-state index is 0.323. The van der Waals surface area contributed by atoms with Crippen molar-refractivity contribution >= 4 is 14.8 Å². The van der Waals surface area contributed by atoms with Gasteiger partial charge in [-0.15, -0.1) is 6.58 Å². The van der Waals surface area contributed by atoms with Crippen LogP contribution < -0.4 is 0 Å². The number of hydrogen-bond donors (Lipinski definition) is 0. The van der Waals surface area contributed by atoms with E-state index in [-0.39, 0.29) is 0 Å². The molecule has 2 nitrogen and oxygen atoms in total. The molecule has 0 fully saturated rings. The SMILES string of the molecule is C=CCCCCCCCCC[O][Al]([CH2]C)[O]C(C(C)CC)C(C)C(C)C(C)C(C)C(C)CC. The largest absolute Gasteiger partial charge is 0.674 e. The highest BCUT2D eigenvalue weighted by molar-refractivity contribution is 6.44. The van der Waals surface area contributed by atoms with Gasteiger partial charge in [0.1, 0.15) is 0 Å². The summed E-state index contributed by atoms with van der Waals surface area (Å²) in [6.45, 7) is 26.2. The van der Waals surface area contributed by atoms with Gasteiger partial charge in [0.25, 0.3) is 0 Å². The van der Waals surface area contributed by atoms with Crippen molar-refractivity contribution in [1.82, 2.24) is 0 Å². The van der Waals surface area contributed by atoms with E-state index >= 15 is 0 Å². The molecule has 0 saturated heterocycles. The zero-order valence-electron chi connectivity index (χ0n) is 24.2. The Bertz CT molecular complexity index is 455. The first-order valence-corrected chi connectivity index (χ1v) is 16.4. The Balaban J connectivity index is 4.61. The molecule has 0 aliphatic carbocycles. The smallest absolute Gasteiger partial charge is 0.478 e. The molecule has 3 heteroatoms. The van der Waals surface area contributed by atoms with Crippen LogP contribution in [0.25, 0.3) is 0 Å². The van der Waals surface area contributed by atoms with Gasteiger partial charge in [-0.2, -0.15) is 0 Å². The van der Waals surface area contributed by atoms with E-state index in [2.05, 4.69) is 68.9 Å². The predicted molar refractivity (Wildman–Crippen MR) is 150 cm³/mol. The average Bonchev–Trinajstić information content (AvgIpc) is 2.84. The fraction of sp³-hybridized carbons (Fsp3) is 0.933. The minimum Gasteiger partial charge on any atom is -0.478 e. The van der Waals surface area contributed by atoms with Crippen molar-refractivity contribution < 1.29 is 7.58 Å². The summed E-state index contributed by atoms with van der Waals surface area (Å²) in [6, 6.07) is 0. The Morgan fingerprint density at radius 2 is 1.18 bits per heavy atom. The fourth-order valence-electron chi connectivity index (χ4n) is 5.07. The molecule has 7 unspecified atom stereocenters. The van der Waals surface area contributed by atoms with Crippen LogP contribution >= 0.6 is 0 Å². The maximum atomic E-state index is 6.84. The van der Waals surface area contributed by atoms with Gasteiger partial charge in [-0.05, 0) is 60.1 Å². The Morgan fingerprint density at radius 1 is 0.667 bits per heavy atom. The monoisotopic (exact) mass is 480 g/mol.